The number of aromatic nitrogens is 3. The number of piperazine rings is 1. The van der Waals surface area contributed by atoms with Gasteiger partial charge in [0.15, 0.2) is 5.82 Å². The van der Waals surface area contributed by atoms with Crippen molar-refractivity contribution in [2.45, 2.75) is 0 Å². The average Bonchev–Trinajstić information content (AvgIpc) is 3.25. The molecule has 28 heavy (non-hydrogen) atoms. The van der Waals surface area contributed by atoms with Crippen LogP contribution < -0.4 is 10.2 Å². The Morgan fingerprint density at radius 1 is 1.11 bits per heavy atom. The van der Waals surface area contributed by atoms with Gasteiger partial charge in [-0.25, -0.2) is 9.78 Å². The van der Waals surface area contributed by atoms with Crippen molar-refractivity contribution in [3.05, 3.63) is 54.4 Å². The molecule has 0 radical (unpaired) electrons. The topological polar surface area (TPSA) is 98.0 Å². The molecule has 140 valence electrons. The maximum atomic E-state index is 12.4. The fourth-order valence-electron chi connectivity index (χ4n) is 2.89. The Kier molecular flexibility index (Phi) is 5.12. The molecule has 8 nitrogen and oxygen atoms in total. The third-order valence-corrected chi connectivity index (χ3v) is 5.19. The Balaban J connectivity index is 1.33. The van der Waals surface area contributed by atoms with Crippen LogP contribution in [-0.2, 0) is 0 Å². The SMILES string of the molecule is N#Cc1ccc(NC(=O)N2CCN(c3nc(-c4ccccc4)ns3)CC2)cn1. The summed E-state index contributed by atoms with van der Waals surface area (Å²) in [4.78, 5) is 24.9. The first-order valence-corrected chi connectivity index (χ1v) is 9.56. The van der Waals surface area contributed by atoms with Crippen molar-refractivity contribution >= 4 is 28.4 Å². The molecule has 1 aliphatic rings. The summed E-state index contributed by atoms with van der Waals surface area (Å²) in [6, 6.07) is 14.9. The highest BCUT2D eigenvalue weighted by Gasteiger charge is 2.23. The summed E-state index contributed by atoms with van der Waals surface area (Å²) in [6.07, 6.45) is 1.49. The van der Waals surface area contributed by atoms with Crippen LogP contribution in [0.1, 0.15) is 5.69 Å². The molecule has 3 aromatic rings. The normalized spacial score (nSPS) is 13.8. The van der Waals surface area contributed by atoms with Gasteiger partial charge in [0.2, 0.25) is 5.13 Å². The molecule has 0 bridgehead atoms. The van der Waals surface area contributed by atoms with E-state index in [1.807, 2.05) is 36.4 Å². The van der Waals surface area contributed by atoms with Gasteiger partial charge in [0.05, 0.1) is 11.9 Å². The molecule has 9 heteroatoms. The first-order chi connectivity index (χ1) is 13.7. The zero-order valence-electron chi connectivity index (χ0n) is 14.9. The number of pyridine rings is 1. The van der Waals surface area contributed by atoms with Crippen molar-refractivity contribution in [2.24, 2.45) is 0 Å². The van der Waals surface area contributed by atoms with Crippen LogP contribution >= 0.6 is 11.5 Å². The van der Waals surface area contributed by atoms with Gasteiger partial charge in [0, 0.05) is 43.3 Å². The highest BCUT2D eigenvalue weighted by Crippen LogP contribution is 2.24. The van der Waals surface area contributed by atoms with E-state index in [1.165, 1.54) is 17.7 Å². The van der Waals surface area contributed by atoms with E-state index in [2.05, 4.69) is 24.6 Å². The molecule has 2 amide bonds. The van der Waals surface area contributed by atoms with E-state index < -0.39 is 0 Å². The Bertz CT molecular complexity index is 989. The summed E-state index contributed by atoms with van der Waals surface area (Å²) in [5.41, 5.74) is 1.89. The second-order valence-corrected chi connectivity index (χ2v) is 6.95. The fourth-order valence-corrected chi connectivity index (χ4v) is 3.63. The van der Waals surface area contributed by atoms with Crippen molar-refractivity contribution in [2.75, 3.05) is 36.4 Å². The van der Waals surface area contributed by atoms with Crippen molar-refractivity contribution in [1.82, 2.24) is 19.2 Å². The number of carbonyl (C=O) groups is 1. The predicted molar refractivity (Wildman–Crippen MR) is 107 cm³/mol. The Morgan fingerprint density at radius 2 is 1.89 bits per heavy atom. The molecule has 1 N–H and O–H groups in total. The van der Waals surface area contributed by atoms with Crippen LogP contribution in [-0.4, -0.2) is 51.5 Å². The van der Waals surface area contributed by atoms with Crippen molar-refractivity contribution in [3.8, 4) is 17.5 Å². The minimum atomic E-state index is -0.173. The van der Waals surface area contributed by atoms with E-state index >= 15 is 0 Å². The minimum Gasteiger partial charge on any atom is -0.343 e. The summed E-state index contributed by atoms with van der Waals surface area (Å²) in [7, 11) is 0. The molecule has 1 saturated heterocycles. The van der Waals surface area contributed by atoms with Crippen LogP contribution in [0.2, 0.25) is 0 Å². The smallest absolute Gasteiger partial charge is 0.322 e. The molecular weight excluding hydrogens is 374 g/mol. The zero-order chi connectivity index (χ0) is 19.3. The molecule has 0 atom stereocenters. The minimum absolute atomic E-state index is 0.173. The van der Waals surface area contributed by atoms with Gasteiger partial charge in [0.1, 0.15) is 11.8 Å². The van der Waals surface area contributed by atoms with E-state index in [4.69, 9.17) is 5.26 Å². The Hall–Kier alpha value is -3.51. The molecule has 0 spiro atoms. The third-order valence-electron chi connectivity index (χ3n) is 4.41. The van der Waals surface area contributed by atoms with Gasteiger partial charge in [-0.15, -0.1) is 0 Å². The van der Waals surface area contributed by atoms with E-state index in [9.17, 15) is 4.79 Å². The molecule has 4 rings (SSSR count). The number of anilines is 2. The van der Waals surface area contributed by atoms with E-state index in [1.54, 1.807) is 17.0 Å². The molecule has 0 unspecified atom stereocenters. The third kappa shape index (κ3) is 3.92. The van der Waals surface area contributed by atoms with E-state index in [-0.39, 0.29) is 6.03 Å². The quantitative estimate of drug-likeness (QED) is 0.737. The highest BCUT2D eigenvalue weighted by atomic mass is 32.1. The lowest BCUT2D eigenvalue weighted by Gasteiger charge is -2.34. The largest absolute Gasteiger partial charge is 0.343 e. The molecule has 0 aliphatic carbocycles. The average molecular weight is 391 g/mol. The maximum absolute atomic E-state index is 12.4. The van der Waals surface area contributed by atoms with Gasteiger partial charge in [-0.2, -0.15) is 14.6 Å². The van der Waals surface area contributed by atoms with Gasteiger partial charge in [-0.05, 0) is 12.1 Å². The number of nitriles is 1. The number of amides is 2. The fraction of sp³-hybridized carbons (Fsp3) is 0.211. The monoisotopic (exact) mass is 391 g/mol. The lowest BCUT2D eigenvalue weighted by molar-refractivity contribution is 0.208. The Morgan fingerprint density at radius 3 is 2.57 bits per heavy atom. The molecule has 0 saturated carbocycles. The number of nitrogens with one attached hydrogen (secondary N) is 1. The standard InChI is InChI=1S/C19H17N7OS/c20-12-15-6-7-16(13-21-15)22-18(27)25-8-10-26(11-9-25)19-23-17(24-28-19)14-4-2-1-3-5-14/h1-7,13H,8-11H2,(H,22,27). The lowest BCUT2D eigenvalue weighted by Crippen LogP contribution is -2.50. The first-order valence-electron chi connectivity index (χ1n) is 8.79. The van der Waals surface area contributed by atoms with Gasteiger partial charge in [-0.3, -0.25) is 0 Å². The molecule has 1 aromatic carbocycles. The molecule has 1 fully saturated rings. The maximum Gasteiger partial charge on any atom is 0.322 e. The summed E-state index contributed by atoms with van der Waals surface area (Å²) in [5.74, 6) is 0.731. The number of benzene rings is 1. The number of hydrogen-bond acceptors (Lipinski definition) is 7. The Labute approximate surface area is 166 Å². The summed E-state index contributed by atoms with van der Waals surface area (Å²) in [6.45, 7) is 2.58. The van der Waals surface area contributed by atoms with Gasteiger partial charge in [-0.1, -0.05) is 30.3 Å². The summed E-state index contributed by atoms with van der Waals surface area (Å²) in [5, 5.41) is 12.5. The van der Waals surface area contributed by atoms with Crippen molar-refractivity contribution in [1.29, 1.82) is 5.26 Å². The van der Waals surface area contributed by atoms with Gasteiger partial charge < -0.3 is 15.1 Å². The molecular formula is C19H17N7OS. The van der Waals surface area contributed by atoms with Crippen LogP contribution in [0.5, 0.6) is 0 Å². The first kappa shape index (κ1) is 17.9. The van der Waals surface area contributed by atoms with E-state index in [0.29, 0.717) is 37.6 Å². The van der Waals surface area contributed by atoms with Crippen LogP contribution in [0.3, 0.4) is 0 Å². The summed E-state index contributed by atoms with van der Waals surface area (Å²) >= 11 is 1.38. The number of nitrogens with zero attached hydrogens (tertiary/aromatic N) is 6. The van der Waals surface area contributed by atoms with Gasteiger partial charge >= 0.3 is 6.03 Å². The van der Waals surface area contributed by atoms with Crippen LogP contribution in [0, 0.1) is 11.3 Å². The van der Waals surface area contributed by atoms with E-state index in [0.717, 1.165) is 16.5 Å². The molecule has 3 heterocycles. The van der Waals surface area contributed by atoms with Crippen molar-refractivity contribution in [3.63, 3.8) is 0 Å². The number of hydrogen-bond donors (Lipinski definition) is 1. The number of urea groups is 1. The zero-order valence-corrected chi connectivity index (χ0v) is 15.8. The number of rotatable bonds is 3. The predicted octanol–water partition coefficient (Wildman–Crippen LogP) is 2.83. The molecule has 1 aliphatic heterocycles. The van der Waals surface area contributed by atoms with Crippen LogP contribution in [0.4, 0.5) is 15.6 Å². The van der Waals surface area contributed by atoms with Crippen LogP contribution in [0.15, 0.2) is 48.7 Å². The second kappa shape index (κ2) is 8.02. The number of carbonyl (C=O) groups excluding carboxylic acids is 1. The summed E-state index contributed by atoms with van der Waals surface area (Å²) < 4.78 is 4.45. The highest BCUT2D eigenvalue weighted by molar-refractivity contribution is 7.09. The lowest BCUT2D eigenvalue weighted by atomic mass is 10.2. The van der Waals surface area contributed by atoms with Crippen molar-refractivity contribution < 1.29 is 4.79 Å². The van der Waals surface area contributed by atoms with Crippen LogP contribution in [0.25, 0.3) is 11.4 Å². The molecule has 2 aromatic heterocycles. The van der Waals surface area contributed by atoms with Gasteiger partial charge in [0.25, 0.3) is 0 Å². The second-order valence-electron chi connectivity index (χ2n) is 6.21.